The van der Waals surface area contributed by atoms with Gasteiger partial charge in [0, 0.05) is 32.3 Å². The second-order valence-corrected chi connectivity index (χ2v) is 8.81. The van der Waals surface area contributed by atoms with Gasteiger partial charge in [-0.1, -0.05) is 35.5 Å². The van der Waals surface area contributed by atoms with Crippen LogP contribution in [0.25, 0.3) is 0 Å². The summed E-state index contributed by atoms with van der Waals surface area (Å²) >= 11 is 0. The van der Waals surface area contributed by atoms with Gasteiger partial charge in [0.2, 0.25) is 29.9 Å². The topological polar surface area (TPSA) is 153 Å². The number of nitrogens with one attached hydrogen (secondary N) is 3. The summed E-state index contributed by atoms with van der Waals surface area (Å²) in [6.45, 7) is -0.432. The van der Waals surface area contributed by atoms with Gasteiger partial charge in [-0.15, -0.1) is 0 Å². The number of benzene rings is 1. The molecule has 1 aromatic heterocycles. The number of aromatic nitrogens is 2. The van der Waals surface area contributed by atoms with E-state index in [2.05, 4.69) is 30.6 Å². The number of methoxy groups -OCH3 is 1. The third-order valence-corrected chi connectivity index (χ3v) is 5.93. The lowest BCUT2D eigenvalue weighted by Crippen LogP contribution is -2.56. The van der Waals surface area contributed by atoms with E-state index in [-0.39, 0.29) is 44.7 Å². The molecule has 13 heteroatoms. The quantitative estimate of drug-likeness (QED) is 0.349. The van der Waals surface area contributed by atoms with E-state index in [4.69, 9.17) is 4.74 Å². The summed E-state index contributed by atoms with van der Waals surface area (Å²) in [4.78, 5) is 55.0. The maximum Gasteiger partial charge on any atom is 0.289 e. The SMILES string of the molecule is COC[C@@H](NC(=O)C1CCCC(F)(F)C1)C(=O)N[C@H](Cc1ccccc1)C(=O)C(=O)NCc1ncon1. The van der Waals surface area contributed by atoms with E-state index < -0.39 is 53.8 Å². The third kappa shape index (κ3) is 8.41. The largest absolute Gasteiger partial charge is 0.382 e. The van der Waals surface area contributed by atoms with Crippen LogP contribution in [0.15, 0.2) is 41.2 Å². The minimum atomic E-state index is -2.94. The molecule has 0 aliphatic heterocycles. The van der Waals surface area contributed by atoms with E-state index in [1.54, 1.807) is 30.3 Å². The molecule has 1 heterocycles. The first-order chi connectivity index (χ1) is 17.7. The Hall–Kier alpha value is -3.74. The molecular formula is C24H29F2N5O6. The molecule has 0 radical (unpaired) electrons. The zero-order valence-corrected chi connectivity index (χ0v) is 20.2. The Labute approximate surface area is 211 Å². The van der Waals surface area contributed by atoms with Crippen LogP contribution < -0.4 is 16.0 Å². The summed E-state index contributed by atoms with van der Waals surface area (Å²) in [5, 5.41) is 10.9. The molecule has 0 spiro atoms. The number of carbonyl (C=O) groups is 4. The summed E-state index contributed by atoms with van der Waals surface area (Å²) in [6.07, 6.45) is 0.647. The maximum absolute atomic E-state index is 13.8. The van der Waals surface area contributed by atoms with Crippen molar-refractivity contribution in [3.8, 4) is 0 Å². The van der Waals surface area contributed by atoms with Crippen molar-refractivity contribution in [2.45, 2.75) is 56.7 Å². The van der Waals surface area contributed by atoms with Gasteiger partial charge >= 0.3 is 0 Å². The van der Waals surface area contributed by atoms with Crippen molar-refractivity contribution in [1.29, 1.82) is 0 Å². The molecule has 3 rings (SSSR count). The van der Waals surface area contributed by atoms with Gasteiger partial charge in [-0.05, 0) is 18.4 Å². The zero-order valence-electron chi connectivity index (χ0n) is 20.2. The van der Waals surface area contributed by atoms with Gasteiger partial charge in [-0.3, -0.25) is 19.2 Å². The van der Waals surface area contributed by atoms with Gasteiger partial charge in [0.15, 0.2) is 5.82 Å². The average Bonchev–Trinajstić information content (AvgIpc) is 3.40. The van der Waals surface area contributed by atoms with Crippen LogP contribution in [0.5, 0.6) is 0 Å². The first-order valence-corrected chi connectivity index (χ1v) is 11.8. The van der Waals surface area contributed by atoms with E-state index >= 15 is 0 Å². The molecule has 3 amide bonds. The molecule has 3 atom stereocenters. The van der Waals surface area contributed by atoms with E-state index in [0.717, 1.165) is 6.39 Å². The summed E-state index contributed by atoms with van der Waals surface area (Å²) in [7, 11) is 1.30. The lowest BCUT2D eigenvalue weighted by atomic mass is 9.86. The second-order valence-electron chi connectivity index (χ2n) is 8.81. The van der Waals surface area contributed by atoms with Gasteiger partial charge in [-0.2, -0.15) is 4.98 Å². The van der Waals surface area contributed by atoms with Crippen LogP contribution in [-0.2, 0) is 36.9 Å². The molecule has 1 aliphatic carbocycles. The Morgan fingerprint density at radius 2 is 1.92 bits per heavy atom. The van der Waals surface area contributed by atoms with Crippen LogP contribution in [0.2, 0.25) is 0 Å². The number of hydrogen-bond donors (Lipinski definition) is 3. The fraction of sp³-hybridized carbons (Fsp3) is 0.500. The first-order valence-electron chi connectivity index (χ1n) is 11.8. The van der Waals surface area contributed by atoms with Crippen LogP contribution in [0.1, 0.15) is 37.1 Å². The average molecular weight is 522 g/mol. The standard InChI is InChI=1S/C24H29F2N5O6/c1-36-13-18(30-21(33)16-8-5-9-24(25,26)11-16)22(34)29-17(10-15-6-3-2-4-7-15)20(32)23(35)27-12-19-28-14-37-31-19/h2-4,6-7,14,16-18H,5,8-13H2,1H3,(H,27,35)(H,29,34)(H,30,33)/t16?,17-,18-/m1/s1. The highest BCUT2D eigenvalue weighted by Crippen LogP contribution is 2.36. The number of halogens is 2. The van der Waals surface area contributed by atoms with Crippen molar-refractivity contribution in [3.63, 3.8) is 0 Å². The van der Waals surface area contributed by atoms with E-state index in [1.165, 1.54) is 7.11 Å². The Morgan fingerprint density at radius 3 is 2.57 bits per heavy atom. The summed E-state index contributed by atoms with van der Waals surface area (Å²) in [6, 6.07) is 6.15. The molecule has 11 nitrogen and oxygen atoms in total. The fourth-order valence-electron chi connectivity index (χ4n) is 4.04. The van der Waals surface area contributed by atoms with Crippen LogP contribution in [-0.4, -0.2) is 65.4 Å². The summed E-state index contributed by atoms with van der Waals surface area (Å²) in [5.41, 5.74) is 0.670. The Kier molecular flexibility index (Phi) is 9.78. The molecule has 1 fully saturated rings. The molecule has 1 aliphatic rings. The number of carbonyl (C=O) groups excluding carboxylic acids is 4. The van der Waals surface area contributed by atoms with Crippen LogP contribution in [0.4, 0.5) is 8.78 Å². The Morgan fingerprint density at radius 1 is 1.16 bits per heavy atom. The maximum atomic E-state index is 13.8. The first kappa shape index (κ1) is 27.8. The van der Waals surface area contributed by atoms with Crippen molar-refractivity contribution < 1.29 is 37.2 Å². The Balaban J connectivity index is 1.69. The number of Topliss-reactive ketones (excluding diaryl/α,β-unsaturated/α-hetero) is 1. The monoisotopic (exact) mass is 521 g/mol. The number of amides is 3. The minimum Gasteiger partial charge on any atom is -0.382 e. The van der Waals surface area contributed by atoms with Gasteiger partial charge in [0.1, 0.15) is 12.1 Å². The third-order valence-electron chi connectivity index (χ3n) is 5.93. The van der Waals surface area contributed by atoms with Crippen LogP contribution in [0, 0.1) is 5.92 Å². The van der Waals surface area contributed by atoms with Gasteiger partial charge < -0.3 is 25.2 Å². The molecule has 3 N–H and O–H groups in total. The van der Waals surface area contributed by atoms with Gasteiger partial charge in [-0.25, -0.2) is 8.78 Å². The molecule has 0 bridgehead atoms. The van der Waals surface area contributed by atoms with Crippen molar-refractivity contribution >= 4 is 23.5 Å². The van der Waals surface area contributed by atoms with E-state index in [9.17, 15) is 28.0 Å². The lowest BCUT2D eigenvalue weighted by molar-refractivity contribution is -0.141. The lowest BCUT2D eigenvalue weighted by Gasteiger charge is -2.29. The molecule has 2 aromatic rings. The Bertz CT molecular complexity index is 1070. The molecule has 1 unspecified atom stereocenters. The normalized spacial score (nSPS) is 18.3. The van der Waals surface area contributed by atoms with Crippen molar-refractivity contribution in [2.75, 3.05) is 13.7 Å². The molecule has 0 saturated heterocycles. The highest BCUT2D eigenvalue weighted by molar-refractivity contribution is 6.38. The second kappa shape index (κ2) is 13.0. The summed E-state index contributed by atoms with van der Waals surface area (Å²) < 4.78 is 37.2. The molecular weight excluding hydrogens is 492 g/mol. The number of hydrogen-bond acceptors (Lipinski definition) is 8. The van der Waals surface area contributed by atoms with Crippen LogP contribution >= 0.6 is 0 Å². The molecule has 200 valence electrons. The van der Waals surface area contributed by atoms with E-state index in [1.807, 2.05) is 0 Å². The minimum absolute atomic E-state index is 0.0104. The highest BCUT2D eigenvalue weighted by atomic mass is 19.3. The number of rotatable bonds is 12. The van der Waals surface area contributed by atoms with Crippen molar-refractivity contribution in [3.05, 3.63) is 48.1 Å². The van der Waals surface area contributed by atoms with E-state index in [0.29, 0.717) is 5.56 Å². The van der Waals surface area contributed by atoms with Crippen LogP contribution in [0.3, 0.4) is 0 Å². The van der Waals surface area contributed by atoms with Crippen molar-refractivity contribution in [2.24, 2.45) is 5.92 Å². The fourth-order valence-corrected chi connectivity index (χ4v) is 4.04. The highest BCUT2D eigenvalue weighted by Gasteiger charge is 2.40. The number of nitrogens with zero attached hydrogens (tertiary/aromatic N) is 2. The van der Waals surface area contributed by atoms with Gasteiger partial charge in [0.05, 0.1) is 13.2 Å². The predicted octanol–water partition coefficient (Wildman–Crippen LogP) is 0.939. The molecule has 37 heavy (non-hydrogen) atoms. The predicted molar refractivity (Wildman–Crippen MR) is 124 cm³/mol. The van der Waals surface area contributed by atoms with Crippen molar-refractivity contribution in [1.82, 2.24) is 26.1 Å². The van der Waals surface area contributed by atoms with Gasteiger partial charge in [0.25, 0.3) is 5.91 Å². The molecule has 1 aromatic carbocycles. The smallest absolute Gasteiger partial charge is 0.289 e. The number of ketones is 1. The molecule has 1 saturated carbocycles. The number of alkyl halides is 2. The zero-order chi connectivity index (χ0) is 26.8. The summed E-state index contributed by atoms with van der Waals surface area (Å²) in [5.74, 6) is -7.15. The number of ether oxygens (including phenoxy) is 1.